The topological polar surface area (TPSA) is 23.5 Å². The molecular formula is C12H15FINO. The average molecular weight is 335 g/mol. The minimum Gasteiger partial charge on any atom is -0.393 e. The third-order valence-corrected chi connectivity index (χ3v) is 3.85. The average Bonchev–Trinajstić information content (AvgIpc) is 2.32. The largest absolute Gasteiger partial charge is 0.393 e. The van der Waals surface area contributed by atoms with Gasteiger partial charge in [0.1, 0.15) is 5.67 Å². The SMILES string of the molecule is OCC1(F)CCN(c2ccc(I)cc2)CC1. The zero-order valence-electron chi connectivity index (χ0n) is 9.00. The summed E-state index contributed by atoms with van der Waals surface area (Å²) in [5.74, 6) is 0. The molecule has 0 amide bonds. The number of anilines is 1. The van der Waals surface area contributed by atoms with Crippen LogP contribution >= 0.6 is 22.6 Å². The summed E-state index contributed by atoms with van der Waals surface area (Å²) in [5, 5.41) is 8.95. The second-order valence-corrected chi connectivity index (χ2v) is 5.52. The molecule has 4 heteroatoms. The van der Waals surface area contributed by atoms with Crippen molar-refractivity contribution in [1.82, 2.24) is 0 Å². The number of aliphatic hydroxyl groups excluding tert-OH is 1. The van der Waals surface area contributed by atoms with Crippen molar-refractivity contribution in [1.29, 1.82) is 0 Å². The van der Waals surface area contributed by atoms with E-state index in [2.05, 4.69) is 51.8 Å². The van der Waals surface area contributed by atoms with Gasteiger partial charge < -0.3 is 10.0 Å². The maximum absolute atomic E-state index is 13.8. The molecule has 0 bridgehead atoms. The number of benzene rings is 1. The molecule has 0 unspecified atom stereocenters. The summed E-state index contributed by atoms with van der Waals surface area (Å²) in [6, 6.07) is 8.23. The number of piperidine rings is 1. The first-order valence-corrected chi connectivity index (χ1v) is 6.51. The Bertz CT molecular complexity index is 347. The van der Waals surface area contributed by atoms with Gasteiger partial charge in [0, 0.05) is 35.2 Å². The Balaban J connectivity index is 2.01. The maximum Gasteiger partial charge on any atom is 0.137 e. The molecule has 0 atom stereocenters. The zero-order valence-corrected chi connectivity index (χ0v) is 11.2. The number of hydrogen-bond acceptors (Lipinski definition) is 2. The molecule has 1 aliphatic heterocycles. The standard InChI is InChI=1S/C12H15FINO/c13-12(9-16)5-7-15(8-6-12)11-3-1-10(14)2-4-11/h1-4,16H,5-9H2. The van der Waals surface area contributed by atoms with Crippen molar-refractivity contribution in [2.24, 2.45) is 0 Å². The van der Waals surface area contributed by atoms with E-state index in [0.29, 0.717) is 25.9 Å². The molecule has 0 saturated carbocycles. The fraction of sp³-hybridized carbons (Fsp3) is 0.500. The lowest BCUT2D eigenvalue weighted by Crippen LogP contribution is -2.43. The van der Waals surface area contributed by atoms with Crippen LogP contribution in [-0.4, -0.2) is 30.5 Å². The first-order valence-electron chi connectivity index (χ1n) is 5.43. The summed E-state index contributed by atoms with van der Waals surface area (Å²) in [7, 11) is 0. The van der Waals surface area contributed by atoms with Crippen molar-refractivity contribution < 1.29 is 9.50 Å². The third-order valence-electron chi connectivity index (χ3n) is 3.13. The molecule has 2 rings (SSSR count). The fourth-order valence-electron chi connectivity index (χ4n) is 1.98. The highest BCUT2D eigenvalue weighted by Crippen LogP contribution is 2.29. The zero-order chi connectivity index (χ0) is 11.6. The highest BCUT2D eigenvalue weighted by Gasteiger charge is 2.33. The molecule has 1 fully saturated rings. The van der Waals surface area contributed by atoms with Crippen LogP contribution in [0.5, 0.6) is 0 Å². The van der Waals surface area contributed by atoms with Crippen LogP contribution in [0.3, 0.4) is 0 Å². The van der Waals surface area contributed by atoms with Crippen LogP contribution in [0.4, 0.5) is 10.1 Å². The van der Waals surface area contributed by atoms with Gasteiger partial charge in [-0.25, -0.2) is 4.39 Å². The van der Waals surface area contributed by atoms with Gasteiger partial charge in [0.05, 0.1) is 6.61 Å². The molecule has 1 heterocycles. The molecular weight excluding hydrogens is 320 g/mol. The molecule has 0 aliphatic carbocycles. The first kappa shape index (κ1) is 12.1. The van der Waals surface area contributed by atoms with E-state index < -0.39 is 5.67 Å². The van der Waals surface area contributed by atoms with E-state index in [-0.39, 0.29) is 6.61 Å². The minimum atomic E-state index is -1.36. The Morgan fingerprint density at radius 3 is 2.31 bits per heavy atom. The number of rotatable bonds is 2. The number of alkyl halides is 1. The van der Waals surface area contributed by atoms with Gasteiger partial charge in [-0.15, -0.1) is 0 Å². The molecule has 0 spiro atoms. The van der Waals surface area contributed by atoms with E-state index in [1.165, 1.54) is 3.57 Å². The lowest BCUT2D eigenvalue weighted by atomic mass is 9.94. The van der Waals surface area contributed by atoms with Gasteiger partial charge in [-0.3, -0.25) is 0 Å². The Hall–Kier alpha value is -0.360. The summed E-state index contributed by atoms with van der Waals surface area (Å²) in [6.07, 6.45) is 0.824. The monoisotopic (exact) mass is 335 g/mol. The summed E-state index contributed by atoms with van der Waals surface area (Å²) >= 11 is 2.27. The van der Waals surface area contributed by atoms with Gasteiger partial charge in [0.25, 0.3) is 0 Å². The summed E-state index contributed by atoms with van der Waals surface area (Å²) in [6.45, 7) is 1.00. The van der Waals surface area contributed by atoms with Gasteiger partial charge >= 0.3 is 0 Å². The van der Waals surface area contributed by atoms with Gasteiger partial charge in [-0.1, -0.05) is 0 Å². The highest BCUT2D eigenvalue weighted by atomic mass is 127. The number of nitrogens with zero attached hydrogens (tertiary/aromatic N) is 1. The molecule has 1 aromatic rings. The van der Waals surface area contributed by atoms with Crippen molar-refractivity contribution >= 4 is 28.3 Å². The van der Waals surface area contributed by atoms with E-state index in [4.69, 9.17) is 5.11 Å². The van der Waals surface area contributed by atoms with Crippen LogP contribution in [-0.2, 0) is 0 Å². The fourth-order valence-corrected chi connectivity index (χ4v) is 2.34. The number of aliphatic hydroxyl groups is 1. The van der Waals surface area contributed by atoms with Crippen LogP contribution in [0.25, 0.3) is 0 Å². The van der Waals surface area contributed by atoms with E-state index in [0.717, 1.165) is 5.69 Å². The Morgan fingerprint density at radius 1 is 1.25 bits per heavy atom. The van der Waals surface area contributed by atoms with Crippen molar-refractivity contribution in [2.45, 2.75) is 18.5 Å². The van der Waals surface area contributed by atoms with Crippen LogP contribution in [0.2, 0.25) is 0 Å². The molecule has 2 nitrogen and oxygen atoms in total. The van der Waals surface area contributed by atoms with Crippen molar-refractivity contribution in [3.8, 4) is 0 Å². The van der Waals surface area contributed by atoms with E-state index in [9.17, 15) is 4.39 Å². The summed E-state index contributed by atoms with van der Waals surface area (Å²) < 4.78 is 15.0. The lowest BCUT2D eigenvalue weighted by Gasteiger charge is -2.36. The second kappa shape index (κ2) is 4.87. The van der Waals surface area contributed by atoms with E-state index in [1.807, 2.05) is 0 Å². The molecule has 1 N–H and O–H groups in total. The predicted octanol–water partition coefficient (Wildman–Crippen LogP) is 2.59. The van der Waals surface area contributed by atoms with Crippen LogP contribution in [0, 0.1) is 3.57 Å². The predicted molar refractivity (Wildman–Crippen MR) is 71.5 cm³/mol. The lowest BCUT2D eigenvalue weighted by molar-refractivity contribution is 0.0481. The maximum atomic E-state index is 13.8. The molecule has 16 heavy (non-hydrogen) atoms. The summed E-state index contributed by atoms with van der Waals surface area (Å²) in [4.78, 5) is 2.17. The first-order chi connectivity index (χ1) is 7.63. The van der Waals surface area contributed by atoms with Crippen molar-refractivity contribution in [3.63, 3.8) is 0 Å². The minimum absolute atomic E-state index is 0.354. The molecule has 0 aromatic heterocycles. The van der Waals surface area contributed by atoms with E-state index in [1.54, 1.807) is 0 Å². The number of hydrogen-bond donors (Lipinski definition) is 1. The van der Waals surface area contributed by atoms with Gasteiger partial charge in [0.2, 0.25) is 0 Å². The second-order valence-electron chi connectivity index (χ2n) is 4.27. The van der Waals surface area contributed by atoms with Gasteiger partial charge in [-0.2, -0.15) is 0 Å². The third kappa shape index (κ3) is 2.66. The molecule has 88 valence electrons. The molecule has 1 aliphatic rings. The Labute approximate surface area is 109 Å². The van der Waals surface area contributed by atoms with Crippen molar-refractivity contribution in [2.75, 3.05) is 24.6 Å². The normalized spacial score (nSPS) is 19.8. The Kier molecular flexibility index (Phi) is 3.69. The van der Waals surface area contributed by atoms with E-state index >= 15 is 0 Å². The smallest absolute Gasteiger partial charge is 0.137 e. The number of halogens is 2. The van der Waals surface area contributed by atoms with Crippen LogP contribution in [0.15, 0.2) is 24.3 Å². The molecule has 1 aromatic carbocycles. The van der Waals surface area contributed by atoms with Crippen LogP contribution < -0.4 is 4.90 Å². The molecule has 1 saturated heterocycles. The van der Waals surface area contributed by atoms with Gasteiger partial charge in [0.15, 0.2) is 0 Å². The quantitative estimate of drug-likeness (QED) is 0.840. The van der Waals surface area contributed by atoms with Crippen LogP contribution in [0.1, 0.15) is 12.8 Å². The molecule has 0 radical (unpaired) electrons. The van der Waals surface area contributed by atoms with Crippen molar-refractivity contribution in [3.05, 3.63) is 27.8 Å². The Morgan fingerprint density at radius 2 is 1.81 bits per heavy atom. The highest BCUT2D eigenvalue weighted by molar-refractivity contribution is 14.1. The van der Waals surface area contributed by atoms with Gasteiger partial charge in [-0.05, 0) is 46.9 Å². The summed E-state index contributed by atoms with van der Waals surface area (Å²) in [5.41, 5.74) is -0.222.